The van der Waals surface area contributed by atoms with Crippen LogP contribution in [-0.2, 0) is 9.53 Å². The van der Waals surface area contributed by atoms with Crippen LogP contribution in [-0.4, -0.2) is 43.2 Å². The second-order valence-corrected chi connectivity index (χ2v) is 4.63. The molecule has 2 unspecified atom stereocenters. The topological polar surface area (TPSA) is 55.6 Å². The molecule has 5 heteroatoms. The lowest BCUT2D eigenvalue weighted by atomic mass is 10.0. The van der Waals surface area contributed by atoms with Crippen molar-refractivity contribution in [3.63, 3.8) is 0 Å². The van der Waals surface area contributed by atoms with E-state index in [1.54, 1.807) is 7.11 Å². The minimum Gasteiger partial charge on any atom is -0.380 e. The van der Waals surface area contributed by atoms with E-state index in [0.29, 0.717) is 0 Å². The molecule has 0 aromatic heterocycles. The highest BCUT2D eigenvalue weighted by Crippen LogP contribution is 2.27. The highest BCUT2D eigenvalue weighted by molar-refractivity contribution is 5.85. The quantitative estimate of drug-likeness (QED) is 0.786. The molecular formula is C11H21ClN2O2. The van der Waals surface area contributed by atoms with Crippen LogP contribution in [0.5, 0.6) is 0 Å². The molecule has 1 aliphatic carbocycles. The summed E-state index contributed by atoms with van der Waals surface area (Å²) in [6, 6.07) is 0.0825. The van der Waals surface area contributed by atoms with Crippen molar-refractivity contribution in [2.75, 3.05) is 20.2 Å². The van der Waals surface area contributed by atoms with Crippen molar-refractivity contribution >= 4 is 18.3 Å². The number of halogens is 1. The van der Waals surface area contributed by atoms with Crippen LogP contribution in [0.25, 0.3) is 0 Å². The van der Waals surface area contributed by atoms with Crippen LogP contribution in [0.4, 0.5) is 0 Å². The Morgan fingerprint density at radius 3 is 2.62 bits per heavy atom. The second-order valence-electron chi connectivity index (χ2n) is 4.63. The number of nitrogens with zero attached hydrogens (tertiary/aromatic N) is 1. The summed E-state index contributed by atoms with van der Waals surface area (Å²) in [5.74, 6) is 0.320. The van der Waals surface area contributed by atoms with Gasteiger partial charge in [0.2, 0.25) is 5.91 Å². The van der Waals surface area contributed by atoms with Crippen molar-refractivity contribution in [2.24, 2.45) is 11.7 Å². The Labute approximate surface area is 103 Å². The number of hydrogen-bond acceptors (Lipinski definition) is 3. The normalized spacial score (nSPS) is 33.9. The summed E-state index contributed by atoms with van der Waals surface area (Å²) in [5, 5.41) is 0. The second kappa shape index (κ2) is 5.84. The molecular weight excluding hydrogens is 228 g/mol. The van der Waals surface area contributed by atoms with Crippen molar-refractivity contribution < 1.29 is 9.53 Å². The molecule has 2 fully saturated rings. The number of rotatable bonds is 2. The molecule has 1 amide bonds. The van der Waals surface area contributed by atoms with Gasteiger partial charge >= 0.3 is 0 Å². The van der Waals surface area contributed by atoms with Crippen molar-refractivity contribution in [2.45, 2.75) is 37.8 Å². The fraction of sp³-hybridized carbons (Fsp3) is 0.909. The molecule has 2 aliphatic rings. The molecule has 2 N–H and O–H groups in total. The Kier molecular flexibility index (Phi) is 5.02. The number of carbonyl (C=O) groups is 1. The average molecular weight is 249 g/mol. The van der Waals surface area contributed by atoms with Crippen LogP contribution in [0.15, 0.2) is 0 Å². The van der Waals surface area contributed by atoms with Gasteiger partial charge in [0.15, 0.2) is 0 Å². The summed E-state index contributed by atoms with van der Waals surface area (Å²) in [4.78, 5) is 14.0. The molecule has 0 aromatic rings. The van der Waals surface area contributed by atoms with E-state index < -0.39 is 0 Å². The zero-order valence-corrected chi connectivity index (χ0v) is 10.5. The third-order valence-electron chi connectivity index (χ3n) is 3.68. The fourth-order valence-electron chi connectivity index (χ4n) is 2.65. The molecule has 3 atom stereocenters. The third kappa shape index (κ3) is 2.67. The van der Waals surface area contributed by atoms with E-state index in [1.807, 2.05) is 4.90 Å². The molecule has 0 aromatic carbocycles. The van der Waals surface area contributed by atoms with E-state index in [0.717, 1.165) is 38.8 Å². The van der Waals surface area contributed by atoms with Crippen LogP contribution in [0.3, 0.4) is 0 Å². The summed E-state index contributed by atoms with van der Waals surface area (Å²) < 4.78 is 5.26. The maximum absolute atomic E-state index is 12.1. The minimum atomic E-state index is 0. The van der Waals surface area contributed by atoms with Gasteiger partial charge in [-0.25, -0.2) is 0 Å². The molecule has 1 aliphatic heterocycles. The lowest BCUT2D eigenvalue weighted by Gasteiger charge is -2.22. The van der Waals surface area contributed by atoms with Gasteiger partial charge in [-0.1, -0.05) is 6.42 Å². The molecule has 0 radical (unpaired) electrons. The Morgan fingerprint density at radius 2 is 2.12 bits per heavy atom. The first-order valence-electron chi connectivity index (χ1n) is 5.79. The molecule has 0 bridgehead atoms. The molecule has 2 rings (SSSR count). The number of methoxy groups -OCH3 is 1. The van der Waals surface area contributed by atoms with Crippen LogP contribution in [0.1, 0.15) is 25.7 Å². The van der Waals surface area contributed by atoms with Gasteiger partial charge in [-0.3, -0.25) is 4.79 Å². The fourth-order valence-corrected chi connectivity index (χ4v) is 2.65. The predicted octanol–water partition coefficient (Wildman–Crippen LogP) is 0.783. The zero-order chi connectivity index (χ0) is 10.8. The zero-order valence-electron chi connectivity index (χ0n) is 9.72. The first-order chi connectivity index (χ1) is 7.22. The highest BCUT2D eigenvalue weighted by atomic mass is 35.5. The van der Waals surface area contributed by atoms with E-state index in [4.69, 9.17) is 10.5 Å². The monoisotopic (exact) mass is 248 g/mol. The van der Waals surface area contributed by atoms with Crippen molar-refractivity contribution in [3.05, 3.63) is 0 Å². The maximum atomic E-state index is 12.1. The van der Waals surface area contributed by atoms with Crippen molar-refractivity contribution in [1.29, 1.82) is 0 Å². The Hall–Kier alpha value is -0.320. The number of hydrogen-bond donors (Lipinski definition) is 1. The average Bonchev–Trinajstić information content (AvgIpc) is 2.84. The van der Waals surface area contributed by atoms with Crippen molar-refractivity contribution in [1.82, 2.24) is 4.90 Å². The molecule has 0 spiro atoms. The molecule has 1 saturated carbocycles. The van der Waals surface area contributed by atoms with Gasteiger partial charge in [0.25, 0.3) is 0 Å². The van der Waals surface area contributed by atoms with Crippen molar-refractivity contribution in [3.8, 4) is 0 Å². The first kappa shape index (κ1) is 13.7. The van der Waals surface area contributed by atoms with Crippen LogP contribution >= 0.6 is 12.4 Å². The van der Waals surface area contributed by atoms with E-state index in [9.17, 15) is 4.79 Å². The summed E-state index contributed by atoms with van der Waals surface area (Å²) in [6.07, 6.45) is 4.25. The van der Waals surface area contributed by atoms with Gasteiger partial charge in [0, 0.05) is 26.2 Å². The van der Waals surface area contributed by atoms with Gasteiger partial charge < -0.3 is 15.4 Å². The summed E-state index contributed by atoms with van der Waals surface area (Å²) in [7, 11) is 1.71. The lowest BCUT2D eigenvalue weighted by Crippen LogP contribution is -2.41. The number of ether oxygens (including phenoxy) is 1. The van der Waals surface area contributed by atoms with Gasteiger partial charge in [-0.15, -0.1) is 12.4 Å². The lowest BCUT2D eigenvalue weighted by molar-refractivity contribution is -0.135. The Bertz CT molecular complexity index is 250. The summed E-state index contributed by atoms with van der Waals surface area (Å²) in [5.41, 5.74) is 5.94. The van der Waals surface area contributed by atoms with Gasteiger partial charge in [0.1, 0.15) is 0 Å². The summed E-state index contributed by atoms with van der Waals surface area (Å²) in [6.45, 7) is 1.58. The SMILES string of the molecule is CO[C@@H]1CCN(C(=O)C2CCCC2N)C1.Cl. The van der Waals surface area contributed by atoms with E-state index in [2.05, 4.69) is 0 Å². The van der Waals surface area contributed by atoms with Gasteiger partial charge in [-0.2, -0.15) is 0 Å². The van der Waals surface area contributed by atoms with Crippen LogP contribution in [0.2, 0.25) is 0 Å². The number of carbonyl (C=O) groups excluding carboxylic acids is 1. The molecule has 1 heterocycles. The number of amides is 1. The largest absolute Gasteiger partial charge is 0.380 e. The third-order valence-corrected chi connectivity index (χ3v) is 3.68. The Morgan fingerprint density at radius 1 is 1.38 bits per heavy atom. The standard InChI is InChI=1S/C11H20N2O2.ClH/c1-15-8-5-6-13(7-8)11(14)9-3-2-4-10(9)12;/h8-10H,2-7,12H2,1H3;1H/t8-,9?,10?;/m1./s1. The van der Waals surface area contributed by atoms with E-state index >= 15 is 0 Å². The molecule has 16 heavy (non-hydrogen) atoms. The van der Waals surface area contributed by atoms with Gasteiger partial charge in [0.05, 0.1) is 12.0 Å². The summed E-state index contributed by atoms with van der Waals surface area (Å²) >= 11 is 0. The number of likely N-dealkylation sites (tertiary alicyclic amines) is 1. The predicted molar refractivity (Wildman–Crippen MR) is 64.6 cm³/mol. The molecule has 4 nitrogen and oxygen atoms in total. The van der Waals surface area contributed by atoms with Crippen LogP contribution < -0.4 is 5.73 Å². The number of nitrogens with two attached hydrogens (primary N) is 1. The highest BCUT2D eigenvalue weighted by Gasteiger charge is 2.36. The molecule has 94 valence electrons. The van der Waals surface area contributed by atoms with E-state index in [-0.39, 0.29) is 36.4 Å². The molecule has 1 saturated heterocycles. The first-order valence-corrected chi connectivity index (χ1v) is 5.79. The minimum absolute atomic E-state index is 0. The Balaban J connectivity index is 0.00000128. The maximum Gasteiger partial charge on any atom is 0.227 e. The smallest absolute Gasteiger partial charge is 0.227 e. The van der Waals surface area contributed by atoms with Crippen LogP contribution in [0, 0.1) is 5.92 Å². The van der Waals surface area contributed by atoms with E-state index in [1.165, 1.54) is 0 Å². The van der Waals surface area contributed by atoms with Gasteiger partial charge in [-0.05, 0) is 19.3 Å².